The predicted molar refractivity (Wildman–Crippen MR) is 67.5 cm³/mol. The standard InChI is InChI=1S/C12H24O2.Be.2H/c1-2-3-4-5-6-7-8-9-10-11-12(13)14;;;/h2-11H2,1H3,(H,13,14);;;/q;+2;2*-1. The summed E-state index contributed by atoms with van der Waals surface area (Å²) >= 11 is 0. The van der Waals surface area contributed by atoms with Crippen molar-refractivity contribution in [1.82, 2.24) is 0 Å². The van der Waals surface area contributed by atoms with Gasteiger partial charge in [-0.3, -0.25) is 4.79 Å². The van der Waals surface area contributed by atoms with Gasteiger partial charge in [0.05, 0.1) is 0 Å². The van der Waals surface area contributed by atoms with Crippen LogP contribution in [0.4, 0.5) is 0 Å². The molecule has 1 N–H and O–H groups in total. The van der Waals surface area contributed by atoms with Gasteiger partial charge in [0.25, 0.3) is 0 Å². The quantitative estimate of drug-likeness (QED) is 0.440. The van der Waals surface area contributed by atoms with E-state index in [9.17, 15) is 4.79 Å². The van der Waals surface area contributed by atoms with Crippen LogP contribution in [0.2, 0.25) is 0 Å². The minimum atomic E-state index is -0.659. The summed E-state index contributed by atoms with van der Waals surface area (Å²) in [5.74, 6) is -0.659. The molecule has 0 amide bonds. The molecule has 0 heterocycles. The molecule has 0 aromatic heterocycles. The number of hydrogen-bond donors (Lipinski definition) is 1. The van der Waals surface area contributed by atoms with Crippen molar-refractivity contribution < 1.29 is 12.8 Å². The average Bonchev–Trinajstić information content (AvgIpc) is 2.15. The van der Waals surface area contributed by atoms with Crippen molar-refractivity contribution in [2.75, 3.05) is 0 Å². The molecule has 2 nitrogen and oxygen atoms in total. The fourth-order valence-electron chi connectivity index (χ4n) is 1.59. The van der Waals surface area contributed by atoms with E-state index >= 15 is 0 Å². The van der Waals surface area contributed by atoms with E-state index in [0.29, 0.717) is 6.42 Å². The molecule has 3 heteroatoms. The summed E-state index contributed by atoms with van der Waals surface area (Å²) in [6.45, 7) is 2.23. The van der Waals surface area contributed by atoms with Crippen molar-refractivity contribution in [3.63, 3.8) is 0 Å². The first-order valence-electron chi connectivity index (χ1n) is 5.99. The molecule has 0 unspecified atom stereocenters. The summed E-state index contributed by atoms with van der Waals surface area (Å²) in [5.41, 5.74) is 0. The summed E-state index contributed by atoms with van der Waals surface area (Å²) in [4.78, 5) is 10.2. The average molecular weight is 211 g/mol. The van der Waals surface area contributed by atoms with Crippen molar-refractivity contribution in [2.45, 2.75) is 71.1 Å². The third kappa shape index (κ3) is 16.3. The van der Waals surface area contributed by atoms with Gasteiger partial charge in [-0.1, -0.05) is 58.3 Å². The molecular weight excluding hydrogens is 185 g/mol. The molecule has 0 radical (unpaired) electrons. The van der Waals surface area contributed by atoms with Gasteiger partial charge >= 0.3 is 16.1 Å². The molecule has 0 fully saturated rings. The van der Waals surface area contributed by atoms with Gasteiger partial charge in [0.1, 0.15) is 0 Å². The maximum Gasteiger partial charge on any atom is 2.00 e. The zero-order valence-corrected chi connectivity index (χ0v) is 10.1. The Labute approximate surface area is 101 Å². The molecule has 0 saturated heterocycles. The van der Waals surface area contributed by atoms with Crippen molar-refractivity contribution in [3.8, 4) is 0 Å². The predicted octanol–water partition coefficient (Wildman–Crippen LogP) is 3.84. The van der Waals surface area contributed by atoms with Gasteiger partial charge in [-0.2, -0.15) is 0 Å². The Morgan fingerprint density at radius 3 is 1.73 bits per heavy atom. The smallest absolute Gasteiger partial charge is 1.00 e. The molecule has 0 aliphatic rings. The van der Waals surface area contributed by atoms with E-state index < -0.39 is 5.97 Å². The normalized spacial score (nSPS) is 9.67. The van der Waals surface area contributed by atoms with Crippen LogP contribution in [-0.4, -0.2) is 21.2 Å². The van der Waals surface area contributed by atoms with Crippen LogP contribution in [0.15, 0.2) is 0 Å². The van der Waals surface area contributed by atoms with Gasteiger partial charge in [-0.15, -0.1) is 0 Å². The number of rotatable bonds is 10. The summed E-state index contributed by atoms with van der Waals surface area (Å²) in [7, 11) is 0. The first kappa shape index (κ1) is 17.0. The molecule has 0 aliphatic heterocycles. The summed E-state index contributed by atoms with van der Waals surface area (Å²) in [6.07, 6.45) is 11.5. The zero-order chi connectivity index (χ0) is 10.6. The van der Waals surface area contributed by atoms with E-state index in [-0.39, 0.29) is 13.0 Å². The van der Waals surface area contributed by atoms with E-state index in [1.54, 1.807) is 0 Å². The molecule has 0 bridgehead atoms. The van der Waals surface area contributed by atoms with Gasteiger partial charge in [-0.25, -0.2) is 0 Å². The maximum atomic E-state index is 10.2. The molecule has 0 spiro atoms. The Morgan fingerprint density at radius 1 is 0.933 bits per heavy atom. The number of hydrogen-bond acceptors (Lipinski definition) is 1. The number of carbonyl (C=O) groups is 1. The Balaban J connectivity index is -0.000000282. The van der Waals surface area contributed by atoms with Crippen molar-refractivity contribution in [3.05, 3.63) is 0 Å². The second-order valence-electron chi connectivity index (χ2n) is 3.97. The van der Waals surface area contributed by atoms with E-state index in [0.717, 1.165) is 12.8 Å². The monoisotopic (exact) mass is 211 g/mol. The number of carboxylic acid groups (broad SMARTS) is 1. The van der Waals surface area contributed by atoms with Crippen LogP contribution in [0.3, 0.4) is 0 Å². The second kappa shape index (κ2) is 13.6. The zero-order valence-electron chi connectivity index (χ0n) is 12.1. The van der Waals surface area contributed by atoms with Crippen LogP contribution in [0.5, 0.6) is 0 Å². The van der Waals surface area contributed by atoms with Gasteiger partial charge in [0.15, 0.2) is 0 Å². The molecular formula is C12H26BeO2. The number of unbranched alkanes of at least 4 members (excludes halogenated alkanes) is 8. The molecule has 0 aromatic carbocycles. The van der Waals surface area contributed by atoms with E-state index in [1.165, 1.54) is 44.9 Å². The summed E-state index contributed by atoms with van der Waals surface area (Å²) in [5, 5.41) is 8.41. The first-order chi connectivity index (χ1) is 6.77. The van der Waals surface area contributed by atoms with Crippen LogP contribution >= 0.6 is 0 Å². The molecule has 0 aromatic rings. The topological polar surface area (TPSA) is 37.3 Å². The van der Waals surface area contributed by atoms with Crippen LogP contribution in [-0.2, 0) is 4.79 Å². The minimum absolute atomic E-state index is 0. The van der Waals surface area contributed by atoms with Gasteiger partial charge < -0.3 is 7.96 Å². The molecule has 0 rings (SSSR count). The van der Waals surface area contributed by atoms with Crippen molar-refractivity contribution >= 4 is 16.1 Å². The van der Waals surface area contributed by atoms with Crippen LogP contribution in [0.1, 0.15) is 74.0 Å². The van der Waals surface area contributed by atoms with Gasteiger partial charge in [0, 0.05) is 6.42 Å². The Kier molecular flexibility index (Phi) is 15.5. The molecule has 0 aliphatic carbocycles. The van der Waals surface area contributed by atoms with E-state index in [4.69, 9.17) is 5.11 Å². The van der Waals surface area contributed by atoms with Crippen LogP contribution < -0.4 is 0 Å². The number of aliphatic carboxylic acids is 1. The number of carboxylic acids is 1. The molecule has 15 heavy (non-hydrogen) atoms. The van der Waals surface area contributed by atoms with Crippen molar-refractivity contribution in [1.29, 1.82) is 0 Å². The SMILES string of the molecule is CCCCCCCCCCCC(=O)O.[Be+2].[H-].[H-]. The Morgan fingerprint density at radius 2 is 1.33 bits per heavy atom. The van der Waals surface area contributed by atoms with Gasteiger partial charge in [0.2, 0.25) is 0 Å². The summed E-state index contributed by atoms with van der Waals surface area (Å²) in [6, 6.07) is 0. The fraction of sp³-hybridized carbons (Fsp3) is 0.917. The Hall–Kier alpha value is -0.361. The van der Waals surface area contributed by atoms with Crippen LogP contribution in [0.25, 0.3) is 0 Å². The fourth-order valence-corrected chi connectivity index (χ4v) is 1.59. The minimum Gasteiger partial charge on any atom is -1.00 e. The third-order valence-electron chi connectivity index (χ3n) is 2.49. The maximum absolute atomic E-state index is 10.2. The van der Waals surface area contributed by atoms with E-state index in [2.05, 4.69) is 6.92 Å². The summed E-state index contributed by atoms with van der Waals surface area (Å²) < 4.78 is 0. The molecule has 0 atom stereocenters. The van der Waals surface area contributed by atoms with Gasteiger partial charge in [-0.05, 0) is 6.42 Å². The van der Waals surface area contributed by atoms with Crippen molar-refractivity contribution in [2.24, 2.45) is 0 Å². The third-order valence-corrected chi connectivity index (χ3v) is 2.49. The van der Waals surface area contributed by atoms with Crippen LogP contribution in [0, 0.1) is 0 Å². The second-order valence-corrected chi connectivity index (χ2v) is 3.97. The Bertz CT molecular complexity index is 146. The largest absolute Gasteiger partial charge is 2.00 e. The molecule has 0 saturated carbocycles. The molecule has 88 valence electrons. The van der Waals surface area contributed by atoms with E-state index in [1.807, 2.05) is 0 Å². The first-order valence-corrected chi connectivity index (χ1v) is 5.99.